The molecule has 6 heteroatoms. The Morgan fingerprint density at radius 1 is 1.09 bits per heavy atom. The van der Waals surface area contributed by atoms with Crippen LogP contribution in [-0.4, -0.2) is 33.1 Å². The standard InChI is InChI=1S/C26H37NO4S/c1-2-20(17-27)18-31-22-6-8-23(9-7-22)32(29,30)19-25-10-13-26(14-11-25,15-12-25)24(28)16-21-4-3-5-21/h2,6-9,21H,3-5,10-19,27H2,1H3/b20-2-. The van der Waals surface area contributed by atoms with Crippen molar-refractivity contribution in [2.24, 2.45) is 22.5 Å². The van der Waals surface area contributed by atoms with Crippen molar-refractivity contribution in [3.05, 3.63) is 35.9 Å². The van der Waals surface area contributed by atoms with E-state index in [4.69, 9.17) is 10.5 Å². The Morgan fingerprint density at radius 3 is 2.22 bits per heavy atom. The van der Waals surface area contributed by atoms with Gasteiger partial charge in [0.25, 0.3) is 0 Å². The number of hydrogen-bond acceptors (Lipinski definition) is 5. The zero-order chi connectivity index (χ0) is 22.8. The van der Waals surface area contributed by atoms with Crippen molar-refractivity contribution in [2.45, 2.75) is 76.0 Å². The average Bonchev–Trinajstić information content (AvgIpc) is 2.78. The van der Waals surface area contributed by atoms with Crippen LogP contribution in [0.25, 0.3) is 0 Å². The van der Waals surface area contributed by atoms with Crippen molar-refractivity contribution >= 4 is 15.6 Å². The van der Waals surface area contributed by atoms with Crippen LogP contribution in [0.15, 0.2) is 40.8 Å². The number of carbonyl (C=O) groups excluding carboxylic acids is 1. The van der Waals surface area contributed by atoms with Gasteiger partial charge < -0.3 is 10.5 Å². The van der Waals surface area contributed by atoms with Gasteiger partial charge in [0.2, 0.25) is 0 Å². The van der Waals surface area contributed by atoms with Gasteiger partial charge in [-0.3, -0.25) is 4.79 Å². The molecule has 0 unspecified atom stereocenters. The number of ether oxygens (including phenoxy) is 1. The number of Topliss-reactive ketones (excluding diaryl/α,β-unsaturated/α-hetero) is 1. The quantitative estimate of drug-likeness (QED) is 0.506. The SMILES string of the molecule is C/C=C(/CN)COc1ccc(S(=O)(=O)CC23CCC(C(=O)CC4CCC4)(CC2)CC3)cc1. The fourth-order valence-corrected chi connectivity index (χ4v) is 7.70. The Labute approximate surface area is 192 Å². The second-order valence-electron chi connectivity index (χ2n) is 10.4. The third kappa shape index (κ3) is 4.81. The minimum absolute atomic E-state index is 0.157. The van der Waals surface area contributed by atoms with Crippen molar-refractivity contribution in [1.29, 1.82) is 0 Å². The molecule has 1 aromatic carbocycles. The number of rotatable bonds is 10. The van der Waals surface area contributed by atoms with E-state index in [1.54, 1.807) is 24.3 Å². The summed E-state index contributed by atoms with van der Waals surface area (Å²) < 4.78 is 32.2. The van der Waals surface area contributed by atoms with Gasteiger partial charge in [0.15, 0.2) is 9.84 Å². The maximum Gasteiger partial charge on any atom is 0.178 e. The molecule has 4 fully saturated rings. The second kappa shape index (κ2) is 9.30. The summed E-state index contributed by atoms with van der Waals surface area (Å²) in [5, 5.41) is 0. The zero-order valence-corrected chi connectivity index (χ0v) is 20.1. The Morgan fingerprint density at radius 2 is 1.72 bits per heavy atom. The molecule has 5 rings (SSSR count). The normalized spacial score (nSPS) is 28.4. The Bertz CT molecular complexity index is 936. The van der Waals surface area contributed by atoms with E-state index in [0.717, 1.165) is 50.5 Å². The molecule has 0 spiro atoms. The molecule has 0 amide bonds. The van der Waals surface area contributed by atoms with E-state index in [0.29, 0.717) is 35.5 Å². The van der Waals surface area contributed by atoms with Crippen LogP contribution in [0.5, 0.6) is 5.75 Å². The van der Waals surface area contributed by atoms with E-state index >= 15 is 0 Å². The fourth-order valence-electron chi connectivity index (χ4n) is 5.74. The number of sulfone groups is 1. The van der Waals surface area contributed by atoms with Crippen molar-refractivity contribution in [3.63, 3.8) is 0 Å². The summed E-state index contributed by atoms with van der Waals surface area (Å²) in [6.45, 7) is 2.77. The lowest BCUT2D eigenvalue weighted by molar-refractivity contribution is -0.138. The van der Waals surface area contributed by atoms with E-state index in [9.17, 15) is 13.2 Å². The van der Waals surface area contributed by atoms with E-state index < -0.39 is 9.84 Å². The minimum Gasteiger partial charge on any atom is -0.489 e. The molecule has 176 valence electrons. The van der Waals surface area contributed by atoms with Gasteiger partial charge in [-0.1, -0.05) is 25.3 Å². The molecular weight excluding hydrogens is 422 g/mol. The van der Waals surface area contributed by atoms with Crippen LogP contribution < -0.4 is 10.5 Å². The molecule has 2 N–H and O–H groups in total. The number of benzene rings is 1. The van der Waals surface area contributed by atoms with Gasteiger partial charge >= 0.3 is 0 Å². The number of fused-ring (bicyclic) bond motifs is 3. The summed E-state index contributed by atoms with van der Waals surface area (Å²) in [5.74, 6) is 1.89. The van der Waals surface area contributed by atoms with E-state index in [1.807, 2.05) is 13.0 Å². The predicted octanol–water partition coefficient (Wildman–Crippen LogP) is 4.84. The van der Waals surface area contributed by atoms with Crippen LogP contribution in [0, 0.1) is 16.7 Å². The number of hydrogen-bond donors (Lipinski definition) is 1. The first kappa shape index (κ1) is 23.5. The summed E-state index contributed by atoms with van der Waals surface area (Å²) >= 11 is 0. The molecule has 4 aliphatic carbocycles. The topological polar surface area (TPSA) is 86.5 Å². The number of allylic oxidation sites excluding steroid dienone is 1. The van der Waals surface area contributed by atoms with Crippen LogP contribution in [-0.2, 0) is 14.6 Å². The van der Waals surface area contributed by atoms with Gasteiger partial charge in [0, 0.05) is 18.4 Å². The van der Waals surface area contributed by atoms with Crippen molar-refractivity contribution in [1.82, 2.24) is 0 Å². The molecular formula is C26H37NO4S. The van der Waals surface area contributed by atoms with E-state index in [2.05, 4.69) is 0 Å². The van der Waals surface area contributed by atoms with Crippen LogP contribution in [0.1, 0.15) is 71.1 Å². The average molecular weight is 460 g/mol. The molecule has 0 saturated heterocycles. The highest BCUT2D eigenvalue weighted by atomic mass is 32.2. The van der Waals surface area contributed by atoms with Gasteiger partial charge in [0.05, 0.1) is 10.6 Å². The third-order valence-corrected chi connectivity index (χ3v) is 10.4. The Kier molecular flexibility index (Phi) is 6.83. The highest BCUT2D eigenvalue weighted by Crippen LogP contribution is 2.58. The van der Waals surface area contributed by atoms with Gasteiger partial charge in [-0.15, -0.1) is 0 Å². The van der Waals surface area contributed by atoms with Crippen molar-refractivity contribution in [2.75, 3.05) is 18.9 Å². The van der Waals surface area contributed by atoms with Crippen LogP contribution >= 0.6 is 0 Å². The number of nitrogens with two attached hydrogens (primary N) is 1. The largest absolute Gasteiger partial charge is 0.489 e. The molecule has 0 radical (unpaired) electrons. The molecule has 0 atom stereocenters. The first-order chi connectivity index (χ1) is 15.3. The third-order valence-electron chi connectivity index (χ3n) is 8.47. The summed E-state index contributed by atoms with van der Waals surface area (Å²) in [5.41, 5.74) is 6.32. The molecule has 2 bridgehead atoms. The van der Waals surface area contributed by atoms with Crippen molar-refractivity contribution < 1.29 is 17.9 Å². The molecule has 1 aromatic rings. The molecule has 0 heterocycles. The lowest BCUT2D eigenvalue weighted by Gasteiger charge is -2.53. The number of carbonyl (C=O) groups is 1. The summed E-state index contributed by atoms with van der Waals surface area (Å²) in [6.07, 6.45) is 11.5. The van der Waals surface area contributed by atoms with Gasteiger partial charge in [0.1, 0.15) is 18.1 Å². The van der Waals surface area contributed by atoms with Crippen molar-refractivity contribution in [3.8, 4) is 5.75 Å². The number of ketones is 1. The summed E-state index contributed by atoms with van der Waals surface area (Å²) in [4.78, 5) is 13.4. The van der Waals surface area contributed by atoms with E-state index in [1.165, 1.54) is 19.3 Å². The molecule has 5 nitrogen and oxygen atoms in total. The second-order valence-corrected chi connectivity index (χ2v) is 12.4. The van der Waals surface area contributed by atoms with Crippen LogP contribution in [0.4, 0.5) is 0 Å². The minimum atomic E-state index is -3.39. The fraction of sp³-hybridized carbons (Fsp3) is 0.654. The monoisotopic (exact) mass is 459 g/mol. The summed E-state index contributed by atoms with van der Waals surface area (Å²) in [7, 11) is -3.39. The zero-order valence-electron chi connectivity index (χ0n) is 19.3. The predicted molar refractivity (Wildman–Crippen MR) is 126 cm³/mol. The Hall–Kier alpha value is -1.66. The lowest BCUT2D eigenvalue weighted by atomic mass is 9.52. The molecule has 0 aliphatic heterocycles. The highest BCUT2D eigenvalue weighted by Gasteiger charge is 2.53. The first-order valence-electron chi connectivity index (χ1n) is 12.1. The first-order valence-corrected chi connectivity index (χ1v) is 13.8. The molecule has 4 saturated carbocycles. The van der Waals surface area contributed by atoms with Gasteiger partial charge in [-0.2, -0.15) is 0 Å². The van der Waals surface area contributed by atoms with Crippen LogP contribution in [0.3, 0.4) is 0 Å². The lowest BCUT2D eigenvalue weighted by Crippen LogP contribution is -2.48. The molecule has 4 aliphatic rings. The highest BCUT2D eigenvalue weighted by molar-refractivity contribution is 7.91. The molecule has 0 aromatic heterocycles. The van der Waals surface area contributed by atoms with E-state index in [-0.39, 0.29) is 16.6 Å². The van der Waals surface area contributed by atoms with Gasteiger partial charge in [-0.25, -0.2) is 8.42 Å². The maximum atomic E-state index is 13.2. The molecule has 32 heavy (non-hydrogen) atoms. The van der Waals surface area contributed by atoms with Gasteiger partial charge in [-0.05, 0) is 86.6 Å². The van der Waals surface area contributed by atoms with Crippen LogP contribution in [0.2, 0.25) is 0 Å². The maximum absolute atomic E-state index is 13.2. The smallest absolute Gasteiger partial charge is 0.178 e. The Balaban J connectivity index is 1.36. The summed E-state index contributed by atoms with van der Waals surface area (Å²) in [6, 6.07) is 6.74.